The van der Waals surface area contributed by atoms with E-state index >= 15 is 0 Å². The molecule has 0 aliphatic rings. The van der Waals surface area contributed by atoms with E-state index in [-0.39, 0.29) is 22.2 Å². The van der Waals surface area contributed by atoms with Gasteiger partial charge in [-0.15, -0.1) is 0 Å². The van der Waals surface area contributed by atoms with Crippen molar-refractivity contribution in [1.29, 1.82) is 0 Å². The average Bonchev–Trinajstić information content (AvgIpc) is 2.75. The Hall–Kier alpha value is -3.46. The summed E-state index contributed by atoms with van der Waals surface area (Å²) in [5, 5.41) is 13.2. The molecule has 1 unspecified atom stereocenters. The molecule has 10 heteroatoms. The summed E-state index contributed by atoms with van der Waals surface area (Å²) in [7, 11) is 1.56. The maximum Gasteiger partial charge on any atom is 0.329 e. The summed E-state index contributed by atoms with van der Waals surface area (Å²) in [6.45, 7) is 2.89. The Labute approximate surface area is 184 Å². The van der Waals surface area contributed by atoms with E-state index in [4.69, 9.17) is 16.3 Å². The second kappa shape index (κ2) is 10.5. The van der Waals surface area contributed by atoms with Crippen molar-refractivity contribution in [2.45, 2.75) is 19.9 Å². The van der Waals surface area contributed by atoms with Crippen LogP contribution in [-0.4, -0.2) is 42.4 Å². The number of non-ortho nitro benzene ring substituents is 1. The van der Waals surface area contributed by atoms with Gasteiger partial charge in [-0.2, -0.15) is 0 Å². The number of anilines is 1. The van der Waals surface area contributed by atoms with Gasteiger partial charge >= 0.3 is 5.97 Å². The zero-order chi connectivity index (χ0) is 23.1. The van der Waals surface area contributed by atoms with Gasteiger partial charge in [0.1, 0.15) is 6.04 Å². The number of nitro benzene ring substituents is 1. The smallest absolute Gasteiger partial charge is 0.329 e. The molecule has 0 fully saturated rings. The largest absolute Gasteiger partial charge is 0.454 e. The number of carbonyl (C=O) groups excluding carboxylic acids is 3. The number of ether oxygens (including phenoxy) is 1. The highest BCUT2D eigenvalue weighted by Gasteiger charge is 2.28. The van der Waals surface area contributed by atoms with Gasteiger partial charge in [-0.1, -0.05) is 43.6 Å². The Morgan fingerprint density at radius 2 is 1.81 bits per heavy atom. The van der Waals surface area contributed by atoms with E-state index in [1.807, 2.05) is 6.07 Å². The van der Waals surface area contributed by atoms with Gasteiger partial charge in [0, 0.05) is 24.9 Å². The number of nitrogens with zero attached hydrogens (tertiary/aromatic N) is 2. The minimum Gasteiger partial charge on any atom is -0.454 e. The molecule has 2 rings (SSSR count). The second-order valence-electron chi connectivity index (χ2n) is 7.01. The van der Waals surface area contributed by atoms with Crippen LogP contribution < -0.4 is 10.2 Å². The number of hydrogen-bond acceptors (Lipinski definition) is 6. The van der Waals surface area contributed by atoms with Crippen LogP contribution in [0.15, 0.2) is 48.5 Å². The molecule has 2 amide bonds. The van der Waals surface area contributed by atoms with Crippen LogP contribution in [-0.2, 0) is 14.3 Å². The fraction of sp³-hybridized carbons (Fsp3) is 0.286. The normalized spacial score (nSPS) is 11.5. The van der Waals surface area contributed by atoms with Crippen molar-refractivity contribution in [2.24, 2.45) is 5.92 Å². The summed E-state index contributed by atoms with van der Waals surface area (Å²) in [6, 6.07) is 11.2. The second-order valence-corrected chi connectivity index (χ2v) is 7.42. The maximum absolute atomic E-state index is 12.5. The molecule has 31 heavy (non-hydrogen) atoms. The van der Waals surface area contributed by atoms with Gasteiger partial charge in [0.15, 0.2) is 6.61 Å². The van der Waals surface area contributed by atoms with Crippen molar-refractivity contribution >= 4 is 40.8 Å². The number of nitro groups is 1. The van der Waals surface area contributed by atoms with Crippen LogP contribution in [0.4, 0.5) is 11.4 Å². The Morgan fingerprint density at radius 3 is 2.35 bits per heavy atom. The molecule has 0 aliphatic carbocycles. The molecule has 0 bridgehead atoms. The predicted molar refractivity (Wildman–Crippen MR) is 115 cm³/mol. The summed E-state index contributed by atoms with van der Waals surface area (Å²) in [5.74, 6) is -2.26. The van der Waals surface area contributed by atoms with E-state index in [0.717, 1.165) is 12.1 Å². The molecule has 2 aromatic rings. The van der Waals surface area contributed by atoms with Crippen LogP contribution in [0.5, 0.6) is 0 Å². The fourth-order valence-electron chi connectivity index (χ4n) is 2.63. The highest BCUT2D eigenvalue weighted by atomic mass is 35.5. The van der Waals surface area contributed by atoms with Crippen molar-refractivity contribution < 1.29 is 24.0 Å². The van der Waals surface area contributed by atoms with Crippen molar-refractivity contribution in [3.63, 3.8) is 0 Å². The summed E-state index contributed by atoms with van der Waals surface area (Å²) in [5.41, 5.74) is 0.359. The van der Waals surface area contributed by atoms with Crippen LogP contribution in [0.1, 0.15) is 24.2 Å². The van der Waals surface area contributed by atoms with Crippen LogP contribution >= 0.6 is 11.6 Å². The summed E-state index contributed by atoms with van der Waals surface area (Å²) in [6.07, 6.45) is 0. The van der Waals surface area contributed by atoms with Crippen molar-refractivity contribution in [1.82, 2.24) is 5.32 Å². The van der Waals surface area contributed by atoms with E-state index in [9.17, 15) is 24.5 Å². The van der Waals surface area contributed by atoms with Gasteiger partial charge in [-0.05, 0) is 24.1 Å². The third-order valence-electron chi connectivity index (χ3n) is 4.47. The first-order valence-electron chi connectivity index (χ1n) is 9.34. The fourth-order valence-corrected chi connectivity index (χ4v) is 2.89. The van der Waals surface area contributed by atoms with Gasteiger partial charge in [-0.25, -0.2) is 4.79 Å². The number of benzene rings is 2. The van der Waals surface area contributed by atoms with Crippen LogP contribution in [0.3, 0.4) is 0 Å². The molecule has 9 nitrogen and oxygen atoms in total. The Balaban J connectivity index is 2.03. The average molecular weight is 448 g/mol. The number of halogens is 1. The van der Waals surface area contributed by atoms with Crippen LogP contribution in [0, 0.1) is 16.0 Å². The van der Waals surface area contributed by atoms with E-state index in [1.165, 1.54) is 11.0 Å². The molecule has 0 saturated carbocycles. The Bertz CT molecular complexity index is 980. The molecule has 2 aromatic carbocycles. The Kier molecular flexibility index (Phi) is 8.09. The number of esters is 1. The molecule has 1 atom stereocenters. The number of carbonyl (C=O) groups is 3. The first-order valence-corrected chi connectivity index (χ1v) is 9.72. The first kappa shape index (κ1) is 23.8. The lowest BCUT2D eigenvalue weighted by molar-refractivity contribution is -0.384. The molecule has 1 N–H and O–H groups in total. The zero-order valence-electron chi connectivity index (χ0n) is 17.2. The highest BCUT2D eigenvalue weighted by molar-refractivity contribution is 6.34. The number of rotatable bonds is 8. The number of hydrogen-bond donors (Lipinski definition) is 1. The molecular weight excluding hydrogens is 426 g/mol. The van der Waals surface area contributed by atoms with Gasteiger partial charge in [0.25, 0.3) is 17.5 Å². The highest BCUT2D eigenvalue weighted by Crippen LogP contribution is 2.23. The van der Waals surface area contributed by atoms with E-state index in [0.29, 0.717) is 5.69 Å². The number of likely N-dealkylation sites (N-methyl/N-ethyl adjacent to an activating group) is 1. The molecule has 0 spiro atoms. The minimum absolute atomic E-state index is 0.0226. The van der Waals surface area contributed by atoms with Crippen LogP contribution in [0.2, 0.25) is 5.02 Å². The van der Waals surface area contributed by atoms with Crippen molar-refractivity contribution in [3.8, 4) is 0 Å². The lowest BCUT2D eigenvalue weighted by atomic mass is 10.0. The van der Waals surface area contributed by atoms with Crippen LogP contribution in [0.25, 0.3) is 0 Å². The first-order chi connectivity index (χ1) is 14.6. The standard InChI is InChI=1S/C21H22ClN3O6/c1-13(2)19(23-20(27)16-10-9-15(25(29)30)11-17(16)22)21(28)31-12-18(26)24(3)14-7-5-4-6-8-14/h4-11,13,19H,12H2,1-3H3,(H,23,27). The Morgan fingerprint density at radius 1 is 1.16 bits per heavy atom. The van der Waals surface area contributed by atoms with E-state index in [2.05, 4.69) is 5.32 Å². The quantitative estimate of drug-likeness (QED) is 0.377. The lowest BCUT2D eigenvalue weighted by Crippen LogP contribution is -2.46. The third-order valence-corrected chi connectivity index (χ3v) is 4.78. The summed E-state index contributed by atoms with van der Waals surface area (Å²) < 4.78 is 5.12. The number of para-hydroxylation sites is 1. The SMILES string of the molecule is CC(C)C(NC(=O)c1ccc([N+](=O)[O-])cc1Cl)C(=O)OCC(=O)N(C)c1ccccc1. The van der Waals surface area contributed by atoms with Crippen molar-refractivity contribution in [3.05, 3.63) is 69.2 Å². The minimum atomic E-state index is -1.05. The summed E-state index contributed by atoms with van der Waals surface area (Å²) >= 11 is 5.98. The van der Waals surface area contributed by atoms with E-state index < -0.39 is 35.4 Å². The number of nitrogens with one attached hydrogen (secondary N) is 1. The molecular formula is C21H22ClN3O6. The summed E-state index contributed by atoms with van der Waals surface area (Å²) in [4.78, 5) is 48.9. The third kappa shape index (κ3) is 6.26. The predicted octanol–water partition coefficient (Wildman–Crippen LogP) is 3.21. The van der Waals surface area contributed by atoms with Crippen molar-refractivity contribution in [2.75, 3.05) is 18.6 Å². The molecule has 0 heterocycles. The molecule has 164 valence electrons. The number of amides is 2. The van der Waals surface area contributed by atoms with Gasteiger partial charge in [0.05, 0.1) is 15.5 Å². The topological polar surface area (TPSA) is 119 Å². The molecule has 0 saturated heterocycles. The van der Waals surface area contributed by atoms with Gasteiger partial charge < -0.3 is 15.0 Å². The molecule has 0 radical (unpaired) electrons. The van der Waals surface area contributed by atoms with E-state index in [1.54, 1.807) is 45.2 Å². The lowest BCUT2D eigenvalue weighted by Gasteiger charge is -2.22. The van der Waals surface area contributed by atoms with Gasteiger partial charge in [0.2, 0.25) is 0 Å². The maximum atomic E-state index is 12.5. The molecule has 0 aliphatic heterocycles. The zero-order valence-corrected chi connectivity index (χ0v) is 18.0. The molecule has 0 aromatic heterocycles. The van der Waals surface area contributed by atoms with Gasteiger partial charge in [-0.3, -0.25) is 19.7 Å². The monoisotopic (exact) mass is 447 g/mol.